The average Bonchev–Trinajstić information content (AvgIpc) is 2.64. The molecule has 0 saturated carbocycles. The van der Waals surface area contributed by atoms with E-state index in [1.54, 1.807) is 0 Å². The molecular weight excluding hydrogens is 174 g/mol. The summed E-state index contributed by atoms with van der Waals surface area (Å²) >= 11 is 0. The molecule has 2 aliphatic rings. The maximum Gasteiger partial charge on any atom is 0.153 e. The molecule has 3 heteroatoms. The highest BCUT2D eigenvalue weighted by Crippen LogP contribution is 2.16. The molecule has 0 unspecified atom stereocenters. The molecule has 76 valence electrons. The first-order valence-electron chi connectivity index (χ1n) is 5.13. The topological polar surface area (TPSA) is 36.4 Å². The number of nitrogens with one attached hydrogen (secondary N) is 2. The van der Waals surface area contributed by atoms with E-state index in [9.17, 15) is 0 Å². The molecule has 14 heavy (non-hydrogen) atoms. The Hall–Kier alpha value is -0.930. The van der Waals surface area contributed by atoms with E-state index in [2.05, 4.69) is 41.6 Å². The van der Waals surface area contributed by atoms with Crippen molar-refractivity contribution in [2.75, 3.05) is 13.1 Å². The molecule has 0 aromatic carbocycles. The zero-order valence-electron chi connectivity index (χ0n) is 8.80. The second-order valence-corrected chi connectivity index (χ2v) is 3.90. The monoisotopic (exact) mass is 191 g/mol. The lowest BCUT2D eigenvalue weighted by Gasteiger charge is -2.13. The van der Waals surface area contributed by atoms with Gasteiger partial charge in [-0.2, -0.15) is 0 Å². The Kier molecular flexibility index (Phi) is 2.79. The minimum Gasteiger partial charge on any atom is -0.282 e. The Morgan fingerprint density at radius 2 is 1.93 bits per heavy atom. The molecule has 1 aliphatic heterocycles. The maximum absolute atomic E-state index is 4.59. The van der Waals surface area contributed by atoms with E-state index < -0.39 is 0 Å². The molecule has 0 spiro atoms. The largest absolute Gasteiger partial charge is 0.282 e. The third-order valence-corrected chi connectivity index (χ3v) is 2.74. The first-order valence-corrected chi connectivity index (χ1v) is 5.13. The van der Waals surface area contributed by atoms with Gasteiger partial charge in [-0.25, -0.2) is 0 Å². The lowest BCUT2D eigenvalue weighted by Crippen LogP contribution is -2.29. The van der Waals surface area contributed by atoms with Crippen LogP contribution in [0.3, 0.4) is 0 Å². The standard InChI is InChI=1S/C11H17N3/c1-8-3-4-10(7-9(8)2)14-11-12-5-6-13-11/h3-4,11-13H,5-7H2,1-2H3. The first kappa shape index (κ1) is 9.62. The lowest BCUT2D eigenvalue weighted by atomic mass is 9.99. The van der Waals surface area contributed by atoms with Crippen LogP contribution < -0.4 is 10.6 Å². The fourth-order valence-corrected chi connectivity index (χ4v) is 1.67. The SMILES string of the molecule is CC1=C(C)CC(=NC2NCCN2)C=C1. The summed E-state index contributed by atoms with van der Waals surface area (Å²) < 4.78 is 0. The quantitative estimate of drug-likeness (QED) is 0.653. The van der Waals surface area contributed by atoms with Gasteiger partial charge in [0.1, 0.15) is 0 Å². The summed E-state index contributed by atoms with van der Waals surface area (Å²) in [6, 6.07) is 0. The molecule has 0 aromatic rings. The summed E-state index contributed by atoms with van der Waals surface area (Å²) in [5.41, 5.74) is 3.96. The van der Waals surface area contributed by atoms with Gasteiger partial charge in [0.2, 0.25) is 0 Å². The smallest absolute Gasteiger partial charge is 0.153 e. The van der Waals surface area contributed by atoms with Crippen molar-refractivity contribution >= 4 is 5.71 Å². The molecule has 3 nitrogen and oxygen atoms in total. The van der Waals surface area contributed by atoms with Crippen LogP contribution in [0.5, 0.6) is 0 Å². The van der Waals surface area contributed by atoms with E-state index in [0.29, 0.717) is 0 Å². The highest BCUT2D eigenvalue weighted by atomic mass is 15.3. The van der Waals surface area contributed by atoms with Gasteiger partial charge < -0.3 is 0 Å². The summed E-state index contributed by atoms with van der Waals surface area (Å²) in [4.78, 5) is 4.59. The Morgan fingerprint density at radius 1 is 1.21 bits per heavy atom. The Labute approximate surface area is 85.0 Å². The normalized spacial score (nSPS) is 26.6. The van der Waals surface area contributed by atoms with Crippen LogP contribution in [0.4, 0.5) is 0 Å². The van der Waals surface area contributed by atoms with Gasteiger partial charge in [0.25, 0.3) is 0 Å². The van der Waals surface area contributed by atoms with Crippen molar-refractivity contribution in [3.63, 3.8) is 0 Å². The molecule has 2 rings (SSSR count). The molecule has 0 aromatic heterocycles. The van der Waals surface area contributed by atoms with Crippen molar-refractivity contribution in [2.45, 2.75) is 26.6 Å². The van der Waals surface area contributed by atoms with Crippen molar-refractivity contribution in [3.05, 3.63) is 23.3 Å². The van der Waals surface area contributed by atoms with Gasteiger partial charge in [-0.15, -0.1) is 0 Å². The summed E-state index contributed by atoms with van der Waals surface area (Å²) in [6.07, 6.45) is 5.37. The molecule has 2 N–H and O–H groups in total. The highest BCUT2D eigenvalue weighted by molar-refractivity contribution is 5.98. The van der Waals surface area contributed by atoms with E-state index in [-0.39, 0.29) is 6.29 Å². The fourth-order valence-electron chi connectivity index (χ4n) is 1.67. The Balaban J connectivity index is 2.04. The lowest BCUT2D eigenvalue weighted by molar-refractivity contribution is 0.580. The Morgan fingerprint density at radius 3 is 2.57 bits per heavy atom. The maximum atomic E-state index is 4.59. The molecule has 0 radical (unpaired) electrons. The zero-order chi connectivity index (χ0) is 9.97. The third kappa shape index (κ3) is 2.11. The van der Waals surface area contributed by atoms with Crippen LogP contribution in [0.1, 0.15) is 20.3 Å². The van der Waals surface area contributed by atoms with Crippen molar-refractivity contribution in [1.82, 2.24) is 10.6 Å². The predicted molar refractivity (Wildman–Crippen MR) is 59.4 cm³/mol. The van der Waals surface area contributed by atoms with E-state index in [1.165, 1.54) is 16.9 Å². The first-order chi connectivity index (χ1) is 6.75. The van der Waals surface area contributed by atoms with E-state index in [1.807, 2.05) is 0 Å². The van der Waals surface area contributed by atoms with E-state index in [0.717, 1.165) is 19.5 Å². The van der Waals surface area contributed by atoms with Crippen molar-refractivity contribution in [2.24, 2.45) is 4.99 Å². The summed E-state index contributed by atoms with van der Waals surface area (Å²) in [6.45, 7) is 6.34. The molecule has 0 bridgehead atoms. The van der Waals surface area contributed by atoms with Gasteiger partial charge >= 0.3 is 0 Å². The number of nitrogens with zero attached hydrogens (tertiary/aromatic N) is 1. The zero-order valence-corrected chi connectivity index (χ0v) is 8.80. The molecule has 1 saturated heterocycles. The van der Waals surface area contributed by atoms with Crippen LogP contribution >= 0.6 is 0 Å². The predicted octanol–water partition coefficient (Wildman–Crippen LogP) is 1.20. The Bertz CT molecular complexity index is 306. The number of hydrogen-bond donors (Lipinski definition) is 2. The second kappa shape index (κ2) is 4.07. The van der Waals surface area contributed by atoms with Gasteiger partial charge in [-0.05, 0) is 19.9 Å². The van der Waals surface area contributed by atoms with Gasteiger partial charge in [0, 0.05) is 25.2 Å². The molecule has 1 heterocycles. The van der Waals surface area contributed by atoms with Crippen LogP contribution in [0.2, 0.25) is 0 Å². The average molecular weight is 191 g/mol. The van der Waals surface area contributed by atoms with Crippen LogP contribution in [-0.2, 0) is 0 Å². The number of aliphatic imine (C=N–C) groups is 1. The van der Waals surface area contributed by atoms with Crippen LogP contribution in [0.15, 0.2) is 28.3 Å². The third-order valence-electron chi connectivity index (χ3n) is 2.74. The molecule has 1 aliphatic carbocycles. The van der Waals surface area contributed by atoms with Gasteiger partial charge in [-0.3, -0.25) is 15.6 Å². The minimum atomic E-state index is 0.126. The van der Waals surface area contributed by atoms with Crippen LogP contribution in [-0.4, -0.2) is 25.1 Å². The van der Waals surface area contributed by atoms with Gasteiger partial charge in [0.05, 0.1) is 0 Å². The highest BCUT2D eigenvalue weighted by Gasteiger charge is 2.12. The van der Waals surface area contributed by atoms with Crippen LogP contribution in [0.25, 0.3) is 0 Å². The fraction of sp³-hybridized carbons (Fsp3) is 0.545. The van der Waals surface area contributed by atoms with Crippen molar-refractivity contribution in [3.8, 4) is 0 Å². The summed E-state index contributed by atoms with van der Waals surface area (Å²) in [5, 5.41) is 6.56. The van der Waals surface area contributed by atoms with E-state index >= 15 is 0 Å². The van der Waals surface area contributed by atoms with E-state index in [4.69, 9.17) is 0 Å². The van der Waals surface area contributed by atoms with Gasteiger partial charge in [-0.1, -0.05) is 17.2 Å². The van der Waals surface area contributed by atoms with Gasteiger partial charge in [0.15, 0.2) is 6.29 Å². The summed E-state index contributed by atoms with van der Waals surface area (Å²) in [5.74, 6) is 0. The molecular formula is C11H17N3. The second-order valence-electron chi connectivity index (χ2n) is 3.90. The molecule has 0 atom stereocenters. The number of allylic oxidation sites excluding steroid dienone is 4. The number of hydrogen-bond acceptors (Lipinski definition) is 3. The molecule has 0 amide bonds. The minimum absolute atomic E-state index is 0.126. The number of rotatable bonds is 1. The molecule has 1 fully saturated rings. The van der Waals surface area contributed by atoms with Crippen molar-refractivity contribution in [1.29, 1.82) is 0 Å². The summed E-state index contributed by atoms with van der Waals surface area (Å²) in [7, 11) is 0. The van der Waals surface area contributed by atoms with Crippen LogP contribution in [0, 0.1) is 0 Å². The van der Waals surface area contributed by atoms with Crippen molar-refractivity contribution < 1.29 is 0 Å².